The van der Waals surface area contributed by atoms with Gasteiger partial charge in [-0.3, -0.25) is 9.69 Å². The first-order chi connectivity index (χ1) is 10.0. The number of carbonyl (C=O) groups is 1. The Labute approximate surface area is 131 Å². The van der Waals surface area contributed by atoms with Crippen LogP contribution in [0.2, 0.25) is 5.02 Å². The highest BCUT2D eigenvalue weighted by atomic mass is 35.5. The second-order valence-electron chi connectivity index (χ2n) is 6.01. The molecule has 1 aromatic rings. The number of benzene rings is 1. The van der Waals surface area contributed by atoms with E-state index in [1.165, 1.54) is 0 Å². The molecule has 0 radical (unpaired) electrons. The predicted octanol–water partition coefficient (Wildman–Crippen LogP) is 4.37. The van der Waals surface area contributed by atoms with Crippen molar-refractivity contribution in [1.82, 2.24) is 4.90 Å². The molecule has 4 heteroatoms. The lowest BCUT2D eigenvalue weighted by molar-refractivity contribution is -0.144. The monoisotopic (exact) mass is 309 g/mol. The Kier molecular flexibility index (Phi) is 5.65. The van der Waals surface area contributed by atoms with Crippen molar-refractivity contribution in [2.45, 2.75) is 51.1 Å². The highest BCUT2D eigenvalue weighted by molar-refractivity contribution is 6.31. The van der Waals surface area contributed by atoms with E-state index in [9.17, 15) is 9.90 Å². The fourth-order valence-electron chi connectivity index (χ4n) is 3.38. The van der Waals surface area contributed by atoms with E-state index < -0.39 is 5.97 Å². The van der Waals surface area contributed by atoms with Gasteiger partial charge >= 0.3 is 5.97 Å². The van der Waals surface area contributed by atoms with Gasteiger partial charge in [0.2, 0.25) is 0 Å². The van der Waals surface area contributed by atoms with Crippen LogP contribution >= 0.6 is 11.6 Å². The van der Waals surface area contributed by atoms with Crippen molar-refractivity contribution in [2.75, 3.05) is 7.05 Å². The number of rotatable bonds is 4. The lowest BCUT2D eigenvalue weighted by Gasteiger charge is -2.36. The Bertz CT molecular complexity index is 491. The number of carboxylic acid groups (broad SMARTS) is 1. The zero-order valence-corrected chi connectivity index (χ0v) is 13.5. The van der Waals surface area contributed by atoms with Gasteiger partial charge in [0.05, 0.1) is 5.92 Å². The van der Waals surface area contributed by atoms with Gasteiger partial charge in [0.1, 0.15) is 0 Å². The number of nitrogens with zero attached hydrogens (tertiary/aromatic N) is 1. The van der Waals surface area contributed by atoms with E-state index >= 15 is 0 Å². The molecule has 3 nitrogen and oxygen atoms in total. The summed E-state index contributed by atoms with van der Waals surface area (Å²) in [5.74, 6) is -0.942. The van der Waals surface area contributed by atoms with Gasteiger partial charge in [-0.2, -0.15) is 0 Å². The second-order valence-corrected chi connectivity index (χ2v) is 6.42. The molecule has 21 heavy (non-hydrogen) atoms. The zero-order valence-electron chi connectivity index (χ0n) is 12.8. The number of aliphatic carboxylic acids is 1. The van der Waals surface area contributed by atoms with Crippen molar-refractivity contribution in [3.05, 3.63) is 34.9 Å². The molecular weight excluding hydrogens is 286 g/mol. The van der Waals surface area contributed by atoms with Crippen molar-refractivity contribution in [3.8, 4) is 0 Å². The van der Waals surface area contributed by atoms with Crippen LogP contribution in [0.4, 0.5) is 0 Å². The Balaban J connectivity index is 2.21. The van der Waals surface area contributed by atoms with E-state index in [4.69, 9.17) is 11.6 Å². The third kappa shape index (κ3) is 3.78. The zero-order chi connectivity index (χ0) is 15.4. The van der Waals surface area contributed by atoms with E-state index in [0.717, 1.165) is 42.7 Å². The molecule has 3 atom stereocenters. The first-order valence-electron chi connectivity index (χ1n) is 7.71. The molecule has 0 aromatic heterocycles. The molecular formula is C17H24ClNO2. The van der Waals surface area contributed by atoms with Gasteiger partial charge in [-0.1, -0.05) is 49.1 Å². The first-order valence-corrected chi connectivity index (χ1v) is 8.09. The minimum absolute atomic E-state index is 0.0799. The Morgan fingerprint density at radius 1 is 1.29 bits per heavy atom. The third-order valence-electron chi connectivity index (χ3n) is 4.79. The fourth-order valence-corrected chi connectivity index (χ4v) is 3.68. The summed E-state index contributed by atoms with van der Waals surface area (Å²) >= 11 is 6.29. The molecule has 0 aliphatic heterocycles. The number of carboxylic acids is 1. The Morgan fingerprint density at radius 3 is 2.62 bits per heavy atom. The molecule has 1 aliphatic carbocycles. The smallest absolute Gasteiger partial charge is 0.308 e. The van der Waals surface area contributed by atoms with Gasteiger partial charge in [-0.15, -0.1) is 0 Å². The molecule has 1 fully saturated rings. The highest BCUT2D eigenvalue weighted by Crippen LogP contribution is 2.34. The minimum atomic E-state index is -0.667. The largest absolute Gasteiger partial charge is 0.481 e. The highest BCUT2D eigenvalue weighted by Gasteiger charge is 2.34. The van der Waals surface area contributed by atoms with E-state index in [-0.39, 0.29) is 18.0 Å². The fraction of sp³-hybridized carbons (Fsp3) is 0.588. The van der Waals surface area contributed by atoms with Crippen molar-refractivity contribution in [3.63, 3.8) is 0 Å². The van der Waals surface area contributed by atoms with Crippen LogP contribution in [0.15, 0.2) is 24.3 Å². The Morgan fingerprint density at radius 2 is 1.95 bits per heavy atom. The number of hydrogen-bond donors (Lipinski definition) is 1. The molecule has 2 rings (SSSR count). The normalized spacial score (nSPS) is 24.6. The second kappa shape index (κ2) is 7.28. The van der Waals surface area contributed by atoms with Crippen molar-refractivity contribution >= 4 is 17.6 Å². The number of hydrogen-bond acceptors (Lipinski definition) is 2. The average molecular weight is 310 g/mol. The standard InChI is InChI=1S/C17H24ClNO2/c1-12(13-8-6-7-10-15(13)18)19(2)16-11-5-3-4-9-14(16)17(20)21/h6-8,10,12,14,16H,3-5,9,11H2,1-2H3,(H,20,21). The van der Waals surface area contributed by atoms with Gasteiger partial charge in [0, 0.05) is 17.1 Å². The SMILES string of the molecule is CC(c1ccccc1Cl)N(C)C1CCCCCC1C(=O)O. The predicted molar refractivity (Wildman–Crippen MR) is 85.6 cm³/mol. The molecule has 1 saturated carbocycles. The summed E-state index contributed by atoms with van der Waals surface area (Å²) in [5, 5.41) is 10.3. The molecule has 1 N–H and O–H groups in total. The van der Waals surface area contributed by atoms with E-state index in [1.54, 1.807) is 0 Å². The van der Waals surface area contributed by atoms with Gasteiger partial charge in [-0.25, -0.2) is 0 Å². The van der Waals surface area contributed by atoms with Crippen LogP contribution in [-0.2, 0) is 4.79 Å². The summed E-state index contributed by atoms with van der Waals surface area (Å²) in [6, 6.07) is 8.01. The minimum Gasteiger partial charge on any atom is -0.481 e. The lowest BCUT2D eigenvalue weighted by Crippen LogP contribution is -2.42. The van der Waals surface area contributed by atoms with Crippen LogP contribution in [0.1, 0.15) is 50.6 Å². The summed E-state index contributed by atoms with van der Waals surface area (Å²) in [4.78, 5) is 13.8. The van der Waals surface area contributed by atoms with Crippen molar-refractivity contribution < 1.29 is 9.90 Å². The molecule has 0 amide bonds. The van der Waals surface area contributed by atoms with E-state index in [2.05, 4.69) is 11.8 Å². The summed E-state index contributed by atoms with van der Waals surface area (Å²) in [6.45, 7) is 2.10. The van der Waals surface area contributed by atoms with Crippen molar-refractivity contribution in [1.29, 1.82) is 0 Å². The van der Waals surface area contributed by atoms with Gasteiger partial charge in [0.25, 0.3) is 0 Å². The molecule has 0 saturated heterocycles. The topological polar surface area (TPSA) is 40.5 Å². The van der Waals surface area contributed by atoms with Crippen LogP contribution in [-0.4, -0.2) is 29.1 Å². The van der Waals surface area contributed by atoms with Crippen molar-refractivity contribution in [2.24, 2.45) is 5.92 Å². The van der Waals surface area contributed by atoms with E-state index in [1.807, 2.05) is 31.3 Å². The quantitative estimate of drug-likeness (QED) is 0.840. The summed E-state index contributed by atoms with van der Waals surface area (Å²) in [7, 11) is 2.03. The van der Waals surface area contributed by atoms with E-state index in [0.29, 0.717) is 0 Å². The van der Waals surface area contributed by atoms with Crippen LogP contribution < -0.4 is 0 Å². The van der Waals surface area contributed by atoms with Gasteiger partial charge in [-0.05, 0) is 38.4 Å². The molecule has 0 heterocycles. The summed E-state index contributed by atoms with van der Waals surface area (Å²) in [6.07, 6.45) is 4.98. The molecule has 1 aliphatic rings. The molecule has 0 spiro atoms. The maximum Gasteiger partial charge on any atom is 0.308 e. The molecule has 116 valence electrons. The van der Waals surface area contributed by atoms with Crippen LogP contribution in [0.3, 0.4) is 0 Å². The lowest BCUT2D eigenvalue weighted by atomic mass is 9.92. The maximum atomic E-state index is 11.6. The summed E-state index contributed by atoms with van der Waals surface area (Å²) in [5.41, 5.74) is 1.06. The third-order valence-corrected chi connectivity index (χ3v) is 5.13. The molecule has 0 bridgehead atoms. The average Bonchev–Trinajstić information content (AvgIpc) is 2.72. The molecule has 1 aromatic carbocycles. The number of halogens is 1. The maximum absolute atomic E-state index is 11.6. The molecule has 3 unspecified atom stereocenters. The van der Waals surface area contributed by atoms with Crippen LogP contribution in [0.5, 0.6) is 0 Å². The Hall–Kier alpha value is -1.06. The van der Waals surface area contributed by atoms with Crippen LogP contribution in [0.25, 0.3) is 0 Å². The first kappa shape index (κ1) is 16.3. The van der Waals surface area contributed by atoms with Gasteiger partial charge < -0.3 is 5.11 Å². The summed E-state index contributed by atoms with van der Waals surface area (Å²) < 4.78 is 0. The van der Waals surface area contributed by atoms with Gasteiger partial charge in [0.15, 0.2) is 0 Å². The van der Waals surface area contributed by atoms with Crippen LogP contribution in [0, 0.1) is 5.92 Å².